The van der Waals surface area contributed by atoms with E-state index in [9.17, 15) is 0 Å². The fraction of sp³-hybridized carbons (Fsp3) is 0. The molecular weight excluding hydrogens is 223 g/mol. The van der Waals surface area contributed by atoms with Crippen LogP contribution in [0.2, 0.25) is 0 Å². The van der Waals surface area contributed by atoms with Crippen LogP contribution in [0, 0.1) is 3.70 Å². The van der Waals surface area contributed by atoms with Crippen LogP contribution < -0.4 is 5.73 Å². The lowest BCUT2D eigenvalue weighted by atomic mass is 11.0. The Morgan fingerprint density at radius 2 is 2.57 bits per heavy atom. The molecule has 1 heterocycles. The average molecular weight is 226 g/mol. The van der Waals surface area contributed by atoms with E-state index in [4.69, 9.17) is 5.73 Å². The van der Waals surface area contributed by atoms with Gasteiger partial charge in [-0.1, -0.05) is 0 Å². The quantitative estimate of drug-likeness (QED) is 0.677. The van der Waals surface area contributed by atoms with Gasteiger partial charge in [0.05, 0.1) is 0 Å². The molecule has 0 atom stereocenters. The van der Waals surface area contributed by atoms with E-state index in [1.807, 2.05) is 5.38 Å². The first kappa shape index (κ1) is 5.30. The monoisotopic (exact) mass is 226 g/mol. The van der Waals surface area contributed by atoms with Gasteiger partial charge >= 0.3 is 0 Å². The molecule has 0 amide bonds. The molecule has 1 aromatic rings. The number of hydrogen-bond acceptors (Lipinski definition) is 3. The first-order valence-electron chi connectivity index (χ1n) is 1.65. The fourth-order valence-corrected chi connectivity index (χ4v) is 1.49. The average Bonchev–Trinajstić information content (AvgIpc) is 1.87. The molecule has 0 saturated carbocycles. The molecule has 0 unspecified atom stereocenters. The minimum atomic E-state index is 0.643. The predicted molar refractivity (Wildman–Crippen MR) is 39.2 cm³/mol. The number of halogens is 1. The molecule has 0 aliphatic rings. The van der Waals surface area contributed by atoms with E-state index >= 15 is 0 Å². The lowest BCUT2D eigenvalue weighted by molar-refractivity contribution is 1.37. The Labute approximate surface area is 58.9 Å². The maximum atomic E-state index is 5.28. The van der Waals surface area contributed by atoms with Crippen LogP contribution in [0.1, 0.15) is 0 Å². The Morgan fingerprint density at radius 1 is 1.86 bits per heavy atom. The van der Waals surface area contributed by atoms with Gasteiger partial charge in [0.25, 0.3) is 0 Å². The topological polar surface area (TPSA) is 38.9 Å². The van der Waals surface area contributed by atoms with Crippen LogP contribution in [0.4, 0.5) is 5.13 Å². The first-order chi connectivity index (χ1) is 3.29. The van der Waals surface area contributed by atoms with Gasteiger partial charge in [0.2, 0.25) is 0 Å². The van der Waals surface area contributed by atoms with E-state index in [0.29, 0.717) is 5.13 Å². The Bertz CT molecular complexity index is 145. The summed E-state index contributed by atoms with van der Waals surface area (Å²) in [5, 5.41) is 2.56. The maximum absolute atomic E-state index is 5.28. The highest BCUT2D eigenvalue weighted by Crippen LogP contribution is 2.11. The maximum Gasteiger partial charge on any atom is 0.181 e. The smallest absolute Gasteiger partial charge is 0.181 e. The van der Waals surface area contributed by atoms with Crippen LogP contribution in [-0.4, -0.2) is 4.98 Å². The zero-order chi connectivity index (χ0) is 5.28. The van der Waals surface area contributed by atoms with Crippen LogP contribution in [0.15, 0.2) is 5.38 Å². The Kier molecular flexibility index (Phi) is 1.48. The molecule has 0 fully saturated rings. The highest BCUT2D eigenvalue weighted by molar-refractivity contribution is 14.1. The van der Waals surface area contributed by atoms with Crippen LogP contribution in [0.25, 0.3) is 0 Å². The van der Waals surface area contributed by atoms with Gasteiger partial charge < -0.3 is 5.73 Å². The highest BCUT2D eigenvalue weighted by atomic mass is 127. The molecule has 0 aromatic carbocycles. The van der Waals surface area contributed by atoms with E-state index in [2.05, 4.69) is 27.6 Å². The summed E-state index contributed by atoms with van der Waals surface area (Å²) in [7, 11) is 0. The molecule has 2 N–H and O–H groups in total. The molecule has 1 aromatic heterocycles. The molecule has 0 aliphatic carbocycles. The summed E-state index contributed by atoms with van der Waals surface area (Å²) in [6, 6.07) is 0. The SMILES string of the molecule is Nc1nc(I)cs1. The third-order valence-electron chi connectivity index (χ3n) is 0.494. The minimum absolute atomic E-state index is 0.643. The summed E-state index contributed by atoms with van der Waals surface area (Å²) in [6.07, 6.45) is 0. The first-order valence-corrected chi connectivity index (χ1v) is 3.61. The van der Waals surface area contributed by atoms with Gasteiger partial charge in [-0.15, -0.1) is 11.3 Å². The van der Waals surface area contributed by atoms with Crippen LogP contribution >= 0.6 is 33.9 Å². The van der Waals surface area contributed by atoms with Crippen molar-refractivity contribution in [2.45, 2.75) is 0 Å². The third-order valence-corrected chi connectivity index (χ3v) is 2.14. The van der Waals surface area contributed by atoms with Gasteiger partial charge in [0.1, 0.15) is 3.70 Å². The van der Waals surface area contributed by atoms with Crippen molar-refractivity contribution in [2.24, 2.45) is 0 Å². The van der Waals surface area contributed by atoms with E-state index < -0.39 is 0 Å². The Balaban J connectivity index is 3.04. The summed E-state index contributed by atoms with van der Waals surface area (Å²) < 4.78 is 0.972. The standard InChI is InChI=1S/C3H3IN2S/c4-2-1-7-3(5)6-2/h1H,(H2,5,6). The number of nitrogens with two attached hydrogens (primary N) is 1. The second kappa shape index (κ2) is 1.95. The number of thiazole rings is 1. The summed E-state index contributed by atoms with van der Waals surface area (Å²) in [4.78, 5) is 3.89. The Hall–Kier alpha value is 0.160. The molecular formula is C3H3IN2S. The number of hydrogen-bond donors (Lipinski definition) is 1. The van der Waals surface area contributed by atoms with Crippen molar-refractivity contribution in [3.63, 3.8) is 0 Å². The zero-order valence-electron chi connectivity index (χ0n) is 3.39. The lowest BCUT2D eigenvalue weighted by Gasteiger charge is -1.70. The second-order valence-corrected chi connectivity index (χ2v) is 3.00. The van der Waals surface area contributed by atoms with Crippen LogP contribution in [0.3, 0.4) is 0 Å². The second-order valence-electron chi connectivity index (χ2n) is 1.01. The fourth-order valence-electron chi connectivity index (χ4n) is 0.267. The van der Waals surface area contributed by atoms with Crippen molar-refractivity contribution in [2.75, 3.05) is 5.73 Å². The normalized spacial score (nSPS) is 9.29. The van der Waals surface area contributed by atoms with E-state index in [0.717, 1.165) is 3.70 Å². The van der Waals surface area contributed by atoms with Gasteiger partial charge in [-0.25, -0.2) is 4.98 Å². The molecule has 0 aliphatic heterocycles. The minimum Gasteiger partial charge on any atom is -0.375 e. The molecule has 7 heavy (non-hydrogen) atoms. The summed E-state index contributed by atoms with van der Waals surface area (Å²) in [6.45, 7) is 0. The van der Waals surface area contributed by atoms with Crippen molar-refractivity contribution in [1.82, 2.24) is 4.98 Å². The lowest BCUT2D eigenvalue weighted by Crippen LogP contribution is -1.79. The van der Waals surface area contributed by atoms with Crippen molar-refractivity contribution in [1.29, 1.82) is 0 Å². The number of nitrogen functional groups attached to an aromatic ring is 1. The molecule has 1 rings (SSSR count). The molecule has 4 heteroatoms. The molecule has 38 valence electrons. The van der Waals surface area contributed by atoms with Gasteiger partial charge in [0, 0.05) is 5.38 Å². The summed E-state index contributed by atoms with van der Waals surface area (Å²) in [5.74, 6) is 0. The summed E-state index contributed by atoms with van der Waals surface area (Å²) >= 11 is 3.58. The van der Waals surface area contributed by atoms with Gasteiger partial charge in [0.15, 0.2) is 5.13 Å². The molecule has 0 radical (unpaired) electrons. The molecule has 0 saturated heterocycles. The van der Waals surface area contributed by atoms with E-state index in [1.54, 1.807) is 0 Å². The predicted octanol–water partition coefficient (Wildman–Crippen LogP) is 1.33. The largest absolute Gasteiger partial charge is 0.375 e. The van der Waals surface area contributed by atoms with E-state index in [-0.39, 0.29) is 0 Å². The summed E-state index contributed by atoms with van der Waals surface area (Å²) in [5.41, 5.74) is 5.28. The van der Waals surface area contributed by atoms with Gasteiger partial charge in [-0.2, -0.15) is 0 Å². The van der Waals surface area contributed by atoms with Gasteiger partial charge in [-0.05, 0) is 22.6 Å². The van der Waals surface area contributed by atoms with Crippen molar-refractivity contribution < 1.29 is 0 Å². The van der Waals surface area contributed by atoms with E-state index in [1.165, 1.54) is 11.3 Å². The highest BCUT2D eigenvalue weighted by Gasteiger charge is 1.88. The van der Waals surface area contributed by atoms with Crippen LogP contribution in [-0.2, 0) is 0 Å². The van der Waals surface area contributed by atoms with Crippen molar-refractivity contribution in [3.05, 3.63) is 9.08 Å². The number of nitrogens with zero attached hydrogens (tertiary/aromatic N) is 1. The number of anilines is 1. The van der Waals surface area contributed by atoms with Crippen molar-refractivity contribution >= 4 is 39.1 Å². The molecule has 2 nitrogen and oxygen atoms in total. The molecule has 0 spiro atoms. The number of aromatic nitrogens is 1. The zero-order valence-corrected chi connectivity index (χ0v) is 6.36. The molecule has 0 bridgehead atoms. The van der Waals surface area contributed by atoms with Crippen LogP contribution in [0.5, 0.6) is 0 Å². The van der Waals surface area contributed by atoms with Crippen molar-refractivity contribution in [3.8, 4) is 0 Å². The van der Waals surface area contributed by atoms with Gasteiger partial charge in [-0.3, -0.25) is 0 Å². The third kappa shape index (κ3) is 1.27. The Morgan fingerprint density at radius 3 is 2.71 bits per heavy atom. The number of rotatable bonds is 0.